The van der Waals surface area contributed by atoms with Gasteiger partial charge in [-0.3, -0.25) is 4.79 Å². The molecule has 0 spiro atoms. The van der Waals surface area contributed by atoms with E-state index in [1.165, 1.54) is 12.1 Å². The van der Waals surface area contributed by atoms with Gasteiger partial charge in [0.1, 0.15) is 17.2 Å². The van der Waals surface area contributed by atoms with Crippen LogP contribution in [0.4, 0.5) is 8.78 Å². The number of rotatable bonds is 4. The molecular weight excluding hydrogens is 238 g/mol. The first kappa shape index (κ1) is 14.6. The van der Waals surface area contributed by atoms with E-state index in [4.69, 9.17) is 4.74 Å². The summed E-state index contributed by atoms with van der Waals surface area (Å²) < 4.78 is 31.1. The standard InChI is InChI=1S/C14H18F2O2/c1-14(2,3)18-13(17)6-4-5-10-7-8-11(15)9-12(10)16/h7-9H,4-6H2,1-3H3. The zero-order valence-corrected chi connectivity index (χ0v) is 10.9. The summed E-state index contributed by atoms with van der Waals surface area (Å²) >= 11 is 0. The van der Waals surface area contributed by atoms with Gasteiger partial charge in [0.05, 0.1) is 0 Å². The summed E-state index contributed by atoms with van der Waals surface area (Å²) in [5, 5.41) is 0. The van der Waals surface area contributed by atoms with Crippen molar-refractivity contribution in [3.05, 3.63) is 35.4 Å². The van der Waals surface area contributed by atoms with Crippen LogP contribution in [-0.2, 0) is 16.0 Å². The lowest BCUT2D eigenvalue weighted by molar-refractivity contribution is -0.154. The Morgan fingerprint density at radius 2 is 1.94 bits per heavy atom. The third-order valence-corrected chi connectivity index (χ3v) is 2.26. The minimum absolute atomic E-state index is 0.230. The van der Waals surface area contributed by atoms with E-state index in [1.54, 1.807) is 20.8 Å². The molecule has 0 radical (unpaired) electrons. The first-order chi connectivity index (χ1) is 8.28. The Morgan fingerprint density at radius 3 is 2.50 bits per heavy atom. The number of aryl methyl sites for hydroxylation is 1. The van der Waals surface area contributed by atoms with E-state index in [0.29, 0.717) is 18.4 Å². The molecule has 0 fully saturated rings. The van der Waals surface area contributed by atoms with E-state index in [2.05, 4.69) is 0 Å². The van der Waals surface area contributed by atoms with E-state index in [9.17, 15) is 13.6 Å². The van der Waals surface area contributed by atoms with Gasteiger partial charge >= 0.3 is 5.97 Å². The van der Waals surface area contributed by atoms with Crippen molar-refractivity contribution in [3.8, 4) is 0 Å². The molecule has 0 saturated heterocycles. The molecule has 0 aliphatic rings. The third kappa shape index (κ3) is 5.25. The fourth-order valence-electron chi connectivity index (χ4n) is 1.54. The van der Waals surface area contributed by atoms with Crippen molar-refractivity contribution in [3.63, 3.8) is 0 Å². The fraction of sp³-hybridized carbons (Fsp3) is 0.500. The van der Waals surface area contributed by atoms with E-state index in [-0.39, 0.29) is 12.4 Å². The molecule has 18 heavy (non-hydrogen) atoms. The minimum atomic E-state index is -0.594. The molecule has 0 aromatic heterocycles. The maximum atomic E-state index is 13.3. The minimum Gasteiger partial charge on any atom is -0.460 e. The summed E-state index contributed by atoms with van der Waals surface area (Å²) in [7, 11) is 0. The van der Waals surface area contributed by atoms with Crippen molar-refractivity contribution in [2.45, 2.75) is 45.6 Å². The summed E-state index contributed by atoms with van der Waals surface area (Å²) in [6, 6.07) is 3.47. The molecule has 0 bridgehead atoms. The van der Waals surface area contributed by atoms with Crippen molar-refractivity contribution in [2.24, 2.45) is 0 Å². The summed E-state index contributed by atoms with van der Waals surface area (Å²) in [6.07, 6.45) is 1.11. The zero-order valence-electron chi connectivity index (χ0n) is 10.9. The largest absolute Gasteiger partial charge is 0.460 e. The Morgan fingerprint density at radius 1 is 1.28 bits per heavy atom. The van der Waals surface area contributed by atoms with Crippen LogP contribution < -0.4 is 0 Å². The van der Waals surface area contributed by atoms with Crippen LogP contribution in [0.25, 0.3) is 0 Å². The maximum Gasteiger partial charge on any atom is 0.306 e. The molecule has 2 nitrogen and oxygen atoms in total. The van der Waals surface area contributed by atoms with Crippen LogP contribution in [0.1, 0.15) is 39.2 Å². The van der Waals surface area contributed by atoms with Crippen LogP contribution in [0, 0.1) is 11.6 Å². The summed E-state index contributed by atoms with van der Waals surface area (Å²) in [5.74, 6) is -1.47. The number of halogens is 2. The number of hydrogen-bond donors (Lipinski definition) is 0. The quantitative estimate of drug-likeness (QED) is 0.769. The number of carbonyl (C=O) groups excluding carboxylic acids is 1. The lowest BCUT2D eigenvalue weighted by Gasteiger charge is -2.19. The van der Waals surface area contributed by atoms with Gasteiger partial charge in [0, 0.05) is 12.5 Å². The SMILES string of the molecule is CC(C)(C)OC(=O)CCCc1ccc(F)cc1F. The third-order valence-electron chi connectivity index (χ3n) is 2.26. The summed E-state index contributed by atoms with van der Waals surface area (Å²) in [5.41, 5.74) is -0.0851. The molecule has 0 N–H and O–H groups in total. The molecule has 0 unspecified atom stereocenters. The van der Waals surface area contributed by atoms with Crippen LogP contribution in [0.2, 0.25) is 0 Å². The Balaban J connectivity index is 2.40. The maximum absolute atomic E-state index is 13.3. The Hall–Kier alpha value is -1.45. The van der Waals surface area contributed by atoms with Gasteiger partial charge in [-0.25, -0.2) is 8.78 Å². The average Bonchev–Trinajstić information content (AvgIpc) is 2.18. The molecule has 0 aliphatic heterocycles. The van der Waals surface area contributed by atoms with E-state index in [0.717, 1.165) is 6.07 Å². The van der Waals surface area contributed by atoms with Crippen molar-refractivity contribution in [1.29, 1.82) is 0 Å². The Labute approximate surface area is 106 Å². The molecule has 0 amide bonds. The van der Waals surface area contributed by atoms with Crippen LogP contribution in [0.3, 0.4) is 0 Å². The molecule has 1 aromatic carbocycles. The molecule has 0 aliphatic carbocycles. The van der Waals surface area contributed by atoms with Gasteiger partial charge in [-0.05, 0) is 45.2 Å². The predicted octanol–water partition coefficient (Wildman–Crippen LogP) is 3.63. The molecule has 1 rings (SSSR count). The highest BCUT2D eigenvalue weighted by atomic mass is 19.1. The molecule has 100 valence electrons. The van der Waals surface area contributed by atoms with Crippen molar-refractivity contribution < 1.29 is 18.3 Å². The van der Waals surface area contributed by atoms with Gasteiger partial charge in [-0.1, -0.05) is 6.07 Å². The highest BCUT2D eigenvalue weighted by Crippen LogP contribution is 2.14. The smallest absolute Gasteiger partial charge is 0.306 e. The van der Waals surface area contributed by atoms with Crippen LogP contribution in [0.5, 0.6) is 0 Å². The highest BCUT2D eigenvalue weighted by Gasteiger charge is 2.15. The van der Waals surface area contributed by atoms with E-state index in [1.807, 2.05) is 0 Å². The van der Waals surface area contributed by atoms with Crippen molar-refractivity contribution in [2.75, 3.05) is 0 Å². The molecule has 1 aromatic rings. The number of ether oxygens (including phenoxy) is 1. The zero-order chi connectivity index (χ0) is 13.8. The first-order valence-corrected chi connectivity index (χ1v) is 5.94. The van der Waals surface area contributed by atoms with Gasteiger partial charge in [0.25, 0.3) is 0 Å². The average molecular weight is 256 g/mol. The first-order valence-electron chi connectivity index (χ1n) is 5.94. The van der Waals surface area contributed by atoms with Crippen LogP contribution in [0.15, 0.2) is 18.2 Å². The normalized spacial score (nSPS) is 11.4. The Bertz CT molecular complexity index is 422. The number of hydrogen-bond acceptors (Lipinski definition) is 2. The van der Waals surface area contributed by atoms with Gasteiger partial charge < -0.3 is 4.74 Å². The van der Waals surface area contributed by atoms with Crippen molar-refractivity contribution in [1.82, 2.24) is 0 Å². The van der Waals surface area contributed by atoms with Crippen molar-refractivity contribution >= 4 is 5.97 Å². The van der Waals surface area contributed by atoms with Gasteiger partial charge in [0.2, 0.25) is 0 Å². The fourth-order valence-corrected chi connectivity index (χ4v) is 1.54. The molecule has 4 heteroatoms. The summed E-state index contributed by atoms with van der Waals surface area (Å²) in [4.78, 5) is 11.4. The summed E-state index contributed by atoms with van der Waals surface area (Å²) in [6.45, 7) is 5.39. The van der Waals surface area contributed by atoms with Gasteiger partial charge in [0.15, 0.2) is 0 Å². The molecule has 0 atom stereocenters. The molecule has 0 heterocycles. The topological polar surface area (TPSA) is 26.3 Å². The highest BCUT2D eigenvalue weighted by molar-refractivity contribution is 5.69. The number of benzene rings is 1. The molecular formula is C14H18F2O2. The second-order valence-electron chi connectivity index (χ2n) is 5.18. The van der Waals surface area contributed by atoms with Crippen LogP contribution >= 0.6 is 0 Å². The lowest BCUT2D eigenvalue weighted by Crippen LogP contribution is -2.23. The number of esters is 1. The van der Waals surface area contributed by atoms with E-state index >= 15 is 0 Å². The van der Waals surface area contributed by atoms with Gasteiger partial charge in [-0.15, -0.1) is 0 Å². The number of carbonyl (C=O) groups is 1. The second-order valence-corrected chi connectivity index (χ2v) is 5.18. The van der Waals surface area contributed by atoms with E-state index < -0.39 is 17.2 Å². The predicted molar refractivity (Wildman–Crippen MR) is 65.1 cm³/mol. The van der Waals surface area contributed by atoms with Gasteiger partial charge in [-0.2, -0.15) is 0 Å². The molecule has 0 saturated carbocycles. The Kier molecular flexibility index (Phi) is 4.82. The second kappa shape index (κ2) is 5.94. The lowest BCUT2D eigenvalue weighted by atomic mass is 10.1. The monoisotopic (exact) mass is 256 g/mol. The van der Waals surface area contributed by atoms with Crippen LogP contribution in [-0.4, -0.2) is 11.6 Å².